The average Bonchev–Trinajstić information content (AvgIpc) is 2.61. The first kappa shape index (κ1) is 18.4. The summed E-state index contributed by atoms with van der Waals surface area (Å²) < 4.78 is 13.9. The Kier molecular flexibility index (Phi) is 5.75. The lowest BCUT2D eigenvalue weighted by Crippen LogP contribution is -2.34. The lowest BCUT2D eigenvalue weighted by Gasteiger charge is -2.26. The van der Waals surface area contributed by atoms with Gasteiger partial charge in [-0.25, -0.2) is 9.18 Å². The average molecular weight is 343 g/mol. The number of amides is 3. The van der Waals surface area contributed by atoms with Gasteiger partial charge in [0, 0.05) is 30.9 Å². The van der Waals surface area contributed by atoms with Crippen molar-refractivity contribution >= 4 is 17.6 Å². The molecule has 0 unspecified atom stereocenters. The van der Waals surface area contributed by atoms with Crippen LogP contribution in [-0.4, -0.2) is 30.9 Å². The molecule has 2 aromatic rings. The van der Waals surface area contributed by atoms with Crippen molar-refractivity contribution in [3.8, 4) is 0 Å². The molecule has 2 rings (SSSR count). The highest BCUT2D eigenvalue weighted by molar-refractivity contribution is 5.96. The third-order valence-electron chi connectivity index (χ3n) is 4.21. The molecule has 3 amide bonds. The molecular formula is C19H22FN3O2. The Hall–Kier alpha value is -2.89. The molecule has 2 N–H and O–H groups in total. The van der Waals surface area contributed by atoms with Gasteiger partial charge in [0.05, 0.1) is 6.04 Å². The maximum Gasteiger partial charge on any atom is 0.322 e. The molecule has 0 aliphatic rings. The van der Waals surface area contributed by atoms with Gasteiger partial charge in [-0.05, 0) is 43.7 Å². The van der Waals surface area contributed by atoms with Crippen LogP contribution in [0.3, 0.4) is 0 Å². The van der Waals surface area contributed by atoms with Gasteiger partial charge in [-0.15, -0.1) is 0 Å². The van der Waals surface area contributed by atoms with E-state index in [-0.39, 0.29) is 17.8 Å². The van der Waals surface area contributed by atoms with E-state index in [4.69, 9.17) is 0 Å². The molecular weight excluding hydrogens is 321 g/mol. The second kappa shape index (κ2) is 7.79. The van der Waals surface area contributed by atoms with Gasteiger partial charge < -0.3 is 15.5 Å². The summed E-state index contributed by atoms with van der Waals surface area (Å²) >= 11 is 0. The highest BCUT2D eigenvalue weighted by Crippen LogP contribution is 2.23. The van der Waals surface area contributed by atoms with Crippen LogP contribution in [0.4, 0.5) is 14.9 Å². The Morgan fingerprint density at radius 2 is 1.84 bits per heavy atom. The molecule has 0 bridgehead atoms. The maximum absolute atomic E-state index is 13.9. The molecule has 0 aliphatic heterocycles. The Bertz CT molecular complexity index is 792. The summed E-state index contributed by atoms with van der Waals surface area (Å²) in [7, 11) is 3.17. The van der Waals surface area contributed by atoms with Crippen LogP contribution in [0.2, 0.25) is 0 Å². The molecule has 132 valence electrons. The zero-order valence-electron chi connectivity index (χ0n) is 14.8. The lowest BCUT2D eigenvalue weighted by atomic mass is 10.1. The molecule has 0 heterocycles. The zero-order valence-corrected chi connectivity index (χ0v) is 14.8. The van der Waals surface area contributed by atoms with Gasteiger partial charge in [0.25, 0.3) is 5.91 Å². The highest BCUT2D eigenvalue weighted by atomic mass is 19.1. The van der Waals surface area contributed by atoms with E-state index in [1.807, 2.05) is 6.92 Å². The van der Waals surface area contributed by atoms with Crippen LogP contribution in [0.5, 0.6) is 0 Å². The molecule has 0 aromatic heterocycles. The normalized spacial score (nSPS) is 11.6. The van der Waals surface area contributed by atoms with E-state index in [0.717, 1.165) is 5.56 Å². The van der Waals surface area contributed by atoms with Gasteiger partial charge in [-0.1, -0.05) is 18.2 Å². The van der Waals surface area contributed by atoms with E-state index in [0.29, 0.717) is 16.8 Å². The van der Waals surface area contributed by atoms with Gasteiger partial charge in [0.15, 0.2) is 0 Å². The van der Waals surface area contributed by atoms with Crippen LogP contribution in [0.25, 0.3) is 0 Å². The smallest absolute Gasteiger partial charge is 0.322 e. The van der Waals surface area contributed by atoms with Crippen molar-refractivity contribution in [3.63, 3.8) is 0 Å². The second-order valence-electron chi connectivity index (χ2n) is 5.85. The van der Waals surface area contributed by atoms with E-state index in [9.17, 15) is 14.0 Å². The molecule has 1 atom stereocenters. The number of halogens is 1. The number of carbonyl (C=O) groups is 2. The first-order valence-electron chi connectivity index (χ1n) is 7.96. The van der Waals surface area contributed by atoms with E-state index >= 15 is 0 Å². The summed E-state index contributed by atoms with van der Waals surface area (Å²) in [6, 6.07) is 10.6. The quantitative estimate of drug-likeness (QED) is 0.889. The number of hydrogen-bond donors (Lipinski definition) is 2. The lowest BCUT2D eigenvalue weighted by molar-refractivity contribution is 0.0963. The van der Waals surface area contributed by atoms with Crippen molar-refractivity contribution in [2.45, 2.75) is 19.9 Å². The number of carbonyl (C=O) groups excluding carboxylic acids is 2. The molecule has 0 spiro atoms. The van der Waals surface area contributed by atoms with E-state index < -0.39 is 6.04 Å². The number of nitrogens with one attached hydrogen (secondary N) is 2. The Labute approximate surface area is 146 Å². The third kappa shape index (κ3) is 4.15. The number of urea groups is 1. The fourth-order valence-electron chi connectivity index (χ4n) is 2.49. The molecule has 0 aliphatic carbocycles. The van der Waals surface area contributed by atoms with Gasteiger partial charge in [-0.2, -0.15) is 0 Å². The highest BCUT2D eigenvalue weighted by Gasteiger charge is 2.20. The van der Waals surface area contributed by atoms with Gasteiger partial charge in [0.1, 0.15) is 5.82 Å². The first-order chi connectivity index (χ1) is 11.8. The maximum atomic E-state index is 13.9. The molecule has 6 heteroatoms. The molecule has 5 nitrogen and oxygen atoms in total. The third-order valence-corrected chi connectivity index (χ3v) is 4.21. The van der Waals surface area contributed by atoms with Crippen LogP contribution in [-0.2, 0) is 0 Å². The Morgan fingerprint density at radius 1 is 1.16 bits per heavy atom. The molecule has 0 fully saturated rings. The standard InChI is InChI=1S/C19H22FN3O2/c1-12-11-14(18(24)21-3)9-10-17(12)22-19(25)23(4)13(2)15-7-5-6-8-16(15)20/h5-11,13H,1-4H3,(H,21,24)(H,22,25)/t13-/m1/s1. The van der Waals surface area contributed by atoms with Crippen molar-refractivity contribution in [2.75, 3.05) is 19.4 Å². The van der Waals surface area contributed by atoms with Crippen LogP contribution in [0, 0.1) is 12.7 Å². The van der Waals surface area contributed by atoms with Gasteiger partial charge in [0.2, 0.25) is 0 Å². The number of anilines is 1. The van der Waals surface area contributed by atoms with Crippen molar-refractivity contribution in [2.24, 2.45) is 0 Å². The van der Waals surface area contributed by atoms with Gasteiger partial charge in [-0.3, -0.25) is 4.79 Å². The number of hydrogen-bond acceptors (Lipinski definition) is 2. The summed E-state index contributed by atoms with van der Waals surface area (Å²) in [5.74, 6) is -0.535. The van der Waals surface area contributed by atoms with E-state index in [2.05, 4.69) is 10.6 Å². The van der Waals surface area contributed by atoms with Crippen molar-refractivity contribution < 1.29 is 14.0 Å². The van der Waals surface area contributed by atoms with E-state index in [1.54, 1.807) is 57.4 Å². The van der Waals surface area contributed by atoms with Crippen LogP contribution >= 0.6 is 0 Å². The van der Waals surface area contributed by atoms with Crippen LogP contribution in [0.15, 0.2) is 42.5 Å². The Morgan fingerprint density at radius 3 is 2.44 bits per heavy atom. The zero-order chi connectivity index (χ0) is 18.6. The van der Waals surface area contributed by atoms with E-state index in [1.165, 1.54) is 11.0 Å². The predicted octanol–water partition coefficient (Wildman–Crippen LogP) is 3.72. The summed E-state index contributed by atoms with van der Waals surface area (Å²) in [4.78, 5) is 25.6. The summed E-state index contributed by atoms with van der Waals surface area (Å²) in [6.07, 6.45) is 0. The van der Waals surface area contributed by atoms with Crippen molar-refractivity contribution in [3.05, 3.63) is 65.0 Å². The fraction of sp³-hybridized carbons (Fsp3) is 0.263. The number of aryl methyl sites for hydroxylation is 1. The first-order valence-corrected chi connectivity index (χ1v) is 7.96. The number of nitrogens with zero attached hydrogens (tertiary/aromatic N) is 1. The largest absolute Gasteiger partial charge is 0.355 e. The fourth-order valence-corrected chi connectivity index (χ4v) is 2.49. The minimum Gasteiger partial charge on any atom is -0.355 e. The monoisotopic (exact) mass is 343 g/mol. The molecule has 25 heavy (non-hydrogen) atoms. The minimum absolute atomic E-state index is 0.189. The van der Waals surface area contributed by atoms with Gasteiger partial charge >= 0.3 is 6.03 Å². The summed E-state index contributed by atoms with van der Waals surface area (Å²) in [6.45, 7) is 3.57. The van der Waals surface area contributed by atoms with Crippen molar-refractivity contribution in [1.82, 2.24) is 10.2 Å². The number of benzene rings is 2. The Balaban J connectivity index is 2.13. The van der Waals surface area contributed by atoms with Crippen molar-refractivity contribution in [1.29, 1.82) is 0 Å². The summed E-state index contributed by atoms with van der Waals surface area (Å²) in [5, 5.41) is 5.35. The predicted molar refractivity (Wildman–Crippen MR) is 96.2 cm³/mol. The molecule has 0 radical (unpaired) electrons. The topological polar surface area (TPSA) is 61.4 Å². The molecule has 0 saturated carbocycles. The van der Waals surface area contributed by atoms with Crippen LogP contribution in [0.1, 0.15) is 34.5 Å². The summed E-state index contributed by atoms with van der Waals surface area (Å²) in [5.41, 5.74) is 2.34. The van der Waals surface area contributed by atoms with Crippen LogP contribution < -0.4 is 10.6 Å². The minimum atomic E-state index is -0.424. The molecule has 0 saturated heterocycles. The molecule has 2 aromatic carbocycles. The number of rotatable bonds is 4. The second-order valence-corrected chi connectivity index (χ2v) is 5.85. The SMILES string of the molecule is CNC(=O)c1ccc(NC(=O)N(C)[C@H](C)c2ccccc2F)c(C)c1.